The lowest BCUT2D eigenvalue weighted by molar-refractivity contribution is 0.528. The summed E-state index contributed by atoms with van der Waals surface area (Å²) in [4.78, 5) is 7.08. The maximum absolute atomic E-state index is 13.5. The zero-order chi connectivity index (χ0) is 22.2. The van der Waals surface area contributed by atoms with Gasteiger partial charge < -0.3 is 4.90 Å². The van der Waals surface area contributed by atoms with Crippen LogP contribution in [-0.2, 0) is 16.3 Å². The molecule has 4 rings (SSSR count). The first-order chi connectivity index (χ1) is 14.7. The van der Waals surface area contributed by atoms with Gasteiger partial charge in [0.15, 0.2) is 15.0 Å². The first-order valence-electron chi connectivity index (χ1n) is 10.5. The molecule has 1 aliphatic rings. The van der Waals surface area contributed by atoms with Gasteiger partial charge >= 0.3 is 0 Å². The molecular weight excluding hydrogens is 431 g/mol. The van der Waals surface area contributed by atoms with Gasteiger partial charge in [-0.2, -0.15) is 0 Å². The third kappa shape index (κ3) is 4.67. The van der Waals surface area contributed by atoms with Crippen LogP contribution in [0.15, 0.2) is 46.7 Å². The summed E-state index contributed by atoms with van der Waals surface area (Å²) in [5, 5.41) is 2.56. The van der Waals surface area contributed by atoms with Crippen molar-refractivity contribution in [2.45, 2.75) is 50.2 Å². The van der Waals surface area contributed by atoms with Crippen LogP contribution >= 0.6 is 11.3 Å². The van der Waals surface area contributed by atoms with Crippen molar-refractivity contribution in [1.82, 2.24) is 4.98 Å². The van der Waals surface area contributed by atoms with Crippen molar-refractivity contribution >= 4 is 26.3 Å². The van der Waals surface area contributed by atoms with Crippen LogP contribution in [-0.4, -0.2) is 31.7 Å². The van der Waals surface area contributed by atoms with E-state index < -0.39 is 20.9 Å². The Morgan fingerprint density at radius 1 is 1.10 bits per heavy atom. The Morgan fingerprint density at radius 2 is 1.77 bits per heavy atom. The van der Waals surface area contributed by atoms with E-state index in [-0.39, 0.29) is 4.90 Å². The second-order valence-corrected chi connectivity index (χ2v) is 11.4. The Hall–Kier alpha value is -2.25. The van der Waals surface area contributed by atoms with Gasteiger partial charge in [-0.15, -0.1) is 11.3 Å². The molecule has 1 saturated heterocycles. The molecule has 1 aromatic heterocycles. The van der Waals surface area contributed by atoms with E-state index in [1.165, 1.54) is 40.5 Å². The van der Waals surface area contributed by atoms with Gasteiger partial charge in [0.25, 0.3) is 0 Å². The fourth-order valence-electron chi connectivity index (χ4n) is 4.39. The average molecular weight is 459 g/mol. The number of halogens is 1. The van der Waals surface area contributed by atoms with Crippen LogP contribution in [0.4, 0.5) is 9.52 Å². The Balaban J connectivity index is 1.43. The van der Waals surface area contributed by atoms with Crippen molar-refractivity contribution in [3.63, 3.8) is 0 Å². The van der Waals surface area contributed by atoms with E-state index in [9.17, 15) is 12.8 Å². The third-order valence-electron chi connectivity index (χ3n) is 6.01. The van der Waals surface area contributed by atoms with Gasteiger partial charge in [-0.3, -0.25) is 0 Å². The van der Waals surface area contributed by atoms with Crippen LogP contribution in [0.5, 0.6) is 0 Å². The zero-order valence-electron chi connectivity index (χ0n) is 18.1. The van der Waals surface area contributed by atoms with E-state index in [2.05, 4.69) is 43.2 Å². The summed E-state index contributed by atoms with van der Waals surface area (Å²) in [5.74, 6) is -0.520. The van der Waals surface area contributed by atoms with Gasteiger partial charge in [0.2, 0.25) is 0 Å². The van der Waals surface area contributed by atoms with Crippen LogP contribution in [0.3, 0.4) is 0 Å². The standard InChI is InChI=1S/C24H27FN2O2S2/c1-16-11-17(2)23(18(3)12-16)14-20-15-30-24(26-20)27-9-7-21(8-10-27)31(28,29)22-6-4-5-19(25)13-22/h4-6,11-13,15,21H,7-10,14H2,1-3H3. The molecule has 0 unspecified atom stereocenters. The molecule has 164 valence electrons. The van der Waals surface area contributed by atoms with Crippen LogP contribution < -0.4 is 4.90 Å². The van der Waals surface area contributed by atoms with Crippen molar-refractivity contribution in [2.75, 3.05) is 18.0 Å². The lowest BCUT2D eigenvalue weighted by Gasteiger charge is -2.31. The zero-order valence-corrected chi connectivity index (χ0v) is 19.7. The predicted molar refractivity (Wildman–Crippen MR) is 124 cm³/mol. The molecule has 7 heteroatoms. The summed E-state index contributed by atoms with van der Waals surface area (Å²) in [6, 6.07) is 9.73. The minimum atomic E-state index is -3.52. The van der Waals surface area contributed by atoms with Crippen LogP contribution in [0.25, 0.3) is 0 Å². The van der Waals surface area contributed by atoms with Crippen LogP contribution in [0.1, 0.15) is 40.8 Å². The number of hydrogen-bond donors (Lipinski definition) is 0. The number of aromatic nitrogens is 1. The molecule has 0 amide bonds. The van der Waals surface area contributed by atoms with Crippen molar-refractivity contribution in [3.05, 3.63) is 75.5 Å². The first-order valence-corrected chi connectivity index (χ1v) is 12.9. The highest BCUT2D eigenvalue weighted by Gasteiger charge is 2.32. The van der Waals surface area contributed by atoms with E-state index in [0.29, 0.717) is 25.9 Å². The molecule has 1 aliphatic heterocycles. The van der Waals surface area contributed by atoms with Gasteiger partial charge in [-0.05, 0) is 68.5 Å². The fraction of sp³-hybridized carbons (Fsp3) is 0.375. The Bertz CT molecular complexity index is 1170. The van der Waals surface area contributed by atoms with Crippen molar-refractivity contribution < 1.29 is 12.8 Å². The molecule has 0 spiro atoms. The lowest BCUT2D eigenvalue weighted by Crippen LogP contribution is -2.39. The SMILES string of the molecule is Cc1cc(C)c(Cc2csc(N3CCC(S(=O)(=O)c4cccc(F)c4)CC3)n2)c(C)c1. The minimum absolute atomic E-state index is 0.0753. The molecule has 31 heavy (non-hydrogen) atoms. The summed E-state index contributed by atoms with van der Waals surface area (Å²) in [6.07, 6.45) is 1.84. The molecule has 1 fully saturated rings. The molecule has 0 saturated carbocycles. The highest BCUT2D eigenvalue weighted by Crippen LogP contribution is 2.30. The summed E-state index contributed by atoms with van der Waals surface area (Å²) in [5.41, 5.74) is 6.21. The highest BCUT2D eigenvalue weighted by molar-refractivity contribution is 7.92. The van der Waals surface area contributed by atoms with Crippen molar-refractivity contribution in [3.8, 4) is 0 Å². The van der Waals surface area contributed by atoms with Crippen LogP contribution in [0, 0.1) is 26.6 Å². The number of sulfone groups is 1. The highest BCUT2D eigenvalue weighted by atomic mass is 32.2. The number of hydrogen-bond acceptors (Lipinski definition) is 5. The molecule has 0 bridgehead atoms. The molecule has 0 N–H and O–H groups in total. The maximum Gasteiger partial charge on any atom is 0.185 e. The monoisotopic (exact) mass is 458 g/mol. The molecule has 0 aliphatic carbocycles. The number of nitrogens with zero attached hydrogens (tertiary/aromatic N) is 2. The van der Waals surface area contributed by atoms with Gasteiger partial charge in [-0.1, -0.05) is 23.8 Å². The van der Waals surface area contributed by atoms with Gasteiger partial charge in [0, 0.05) is 24.9 Å². The van der Waals surface area contributed by atoms with E-state index in [0.717, 1.165) is 23.3 Å². The van der Waals surface area contributed by atoms with Crippen LogP contribution in [0.2, 0.25) is 0 Å². The number of thiazole rings is 1. The predicted octanol–water partition coefficient (Wildman–Crippen LogP) is 5.24. The number of piperidine rings is 1. The quantitative estimate of drug-likeness (QED) is 0.525. The first kappa shape index (κ1) is 22.0. The number of aryl methyl sites for hydroxylation is 3. The maximum atomic E-state index is 13.5. The minimum Gasteiger partial charge on any atom is -0.348 e. The summed E-state index contributed by atoms with van der Waals surface area (Å²) in [7, 11) is -3.52. The van der Waals surface area contributed by atoms with E-state index in [4.69, 9.17) is 4.98 Å². The van der Waals surface area contributed by atoms with Gasteiger partial charge in [-0.25, -0.2) is 17.8 Å². The summed E-state index contributed by atoms with van der Waals surface area (Å²) < 4.78 is 39.3. The van der Waals surface area contributed by atoms with E-state index in [1.807, 2.05) is 0 Å². The molecule has 0 atom stereocenters. The Kier molecular flexibility index (Phi) is 6.17. The third-order valence-corrected chi connectivity index (χ3v) is 9.22. The molecule has 2 heterocycles. The van der Waals surface area contributed by atoms with E-state index >= 15 is 0 Å². The largest absolute Gasteiger partial charge is 0.348 e. The lowest BCUT2D eigenvalue weighted by atomic mass is 9.96. The number of anilines is 1. The second-order valence-electron chi connectivity index (χ2n) is 8.36. The molecule has 2 aromatic carbocycles. The molecular formula is C24H27FN2O2S2. The number of benzene rings is 2. The topological polar surface area (TPSA) is 50.3 Å². The molecule has 4 nitrogen and oxygen atoms in total. The summed E-state index contributed by atoms with van der Waals surface area (Å²) >= 11 is 1.61. The second kappa shape index (κ2) is 8.71. The Morgan fingerprint density at radius 3 is 2.42 bits per heavy atom. The average Bonchev–Trinajstić information content (AvgIpc) is 3.19. The number of rotatable bonds is 5. The smallest absolute Gasteiger partial charge is 0.185 e. The van der Waals surface area contributed by atoms with Gasteiger partial charge in [0.05, 0.1) is 15.8 Å². The van der Waals surface area contributed by atoms with Gasteiger partial charge in [0.1, 0.15) is 5.82 Å². The molecule has 3 aromatic rings. The summed E-state index contributed by atoms with van der Waals surface area (Å²) in [6.45, 7) is 7.67. The van der Waals surface area contributed by atoms with Crippen molar-refractivity contribution in [1.29, 1.82) is 0 Å². The molecule has 0 radical (unpaired) electrons. The van der Waals surface area contributed by atoms with Crippen molar-refractivity contribution in [2.24, 2.45) is 0 Å². The fourth-order valence-corrected chi connectivity index (χ4v) is 7.03. The normalized spacial score (nSPS) is 15.4. The van der Waals surface area contributed by atoms with E-state index in [1.54, 1.807) is 11.3 Å². The Labute approximate surface area is 187 Å².